The van der Waals surface area contributed by atoms with Crippen molar-refractivity contribution in [2.75, 3.05) is 0 Å². The number of nitrogens with zero attached hydrogens (tertiary/aromatic N) is 3. The minimum atomic E-state index is -0.638. The van der Waals surface area contributed by atoms with Crippen molar-refractivity contribution in [1.29, 1.82) is 0 Å². The Kier molecular flexibility index (Phi) is 4.43. The third-order valence-electron chi connectivity index (χ3n) is 4.15. The molecule has 0 bridgehead atoms. The highest BCUT2D eigenvalue weighted by Crippen LogP contribution is 2.20. The summed E-state index contributed by atoms with van der Waals surface area (Å²) in [6, 6.07) is 17.4. The second kappa shape index (κ2) is 7.20. The van der Waals surface area contributed by atoms with E-state index >= 15 is 0 Å². The number of phenols is 1. The van der Waals surface area contributed by atoms with Crippen LogP contribution in [0.5, 0.6) is 5.75 Å². The Labute approximate surface area is 159 Å². The number of aromatic nitrogens is 3. The Hall–Kier alpha value is -4.20. The standard InChI is InChI=1S/C20H15N5O3/c26-17-9-5-4-8-14(17)19(27)23-24-20(28)15-12-22-25-16(10-11-21-18(15)25)13-6-2-1-3-7-13/h1-12,26H,(H,23,27)(H,24,28). The zero-order valence-electron chi connectivity index (χ0n) is 14.5. The van der Waals surface area contributed by atoms with Gasteiger partial charge in [-0.2, -0.15) is 5.10 Å². The monoisotopic (exact) mass is 373 g/mol. The number of carbonyl (C=O) groups is 2. The number of benzene rings is 2. The van der Waals surface area contributed by atoms with Crippen molar-refractivity contribution < 1.29 is 14.7 Å². The first kappa shape index (κ1) is 17.2. The van der Waals surface area contributed by atoms with Crippen LogP contribution >= 0.6 is 0 Å². The molecule has 138 valence electrons. The number of nitrogens with one attached hydrogen (secondary N) is 2. The molecule has 4 rings (SSSR count). The number of aromatic hydroxyl groups is 1. The number of phenolic OH excluding ortho intramolecular Hbond substituents is 1. The highest BCUT2D eigenvalue weighted by atomic mass is 16.3. The average Bonchev–Trinajstić information content (AvgIpc) is 3.17. The molecule has 0 fully saturated rings. The Bertz CT molecular complexity index is 1170. The normalized spacial score (nSPS) is 10.6. The summed E-state index contributed by atoms with van der Waals surface area (Å²) in [4.78, 5) is 28.9. The molecule has 0 spiro atoms. The minimum Gasteiger partial charge on any atom is -0.507 e. The number of hydrogen-bond acceptors (Lipinski definition) is 5. The average molecular weight is 373 g/mol. The van der Waals surface area contributed by atoms with E-state index in [2.05, 4.69) is 20.9 Å². The molecule has 0 saturated heterocycles. The molecule has 0 aliphatic rings. The topological polar surface area (TPSA) is 109 Å². The molecule has 2 amide bonds. The van der Waals surface area contributed by atoms with E-state index < -0.39 is 11.8 Å². The van der Waals surface area contributed by atoms with Crippen molar-refractivity contribution in [2.24, 2.45) is 0 Å². The highest BCUT2D eigenvalue weighted by Gasteiger charge is 2.17. The fourth-order valence-corrected chi connectivity index (χ4v) is 2.79. The molecule has 8 nitrogen and oxygen atoms in total. The molecule has 2 aromatic heterocycles. The number of carbonyl (C=O) groups excluding carboxylic acids is 2. The van der Waals surface area contributed by atoms with Crippen LogP contribution in [0.15, 0.2) is 73.1 Å². The van der Waals surface area contributed by atoms with E-state index in [4.69, 9.17) is 0 Å². The van der Waals surface area contributed by atoms with Crippen molar-refractivity contribution in [3.8, 4) is 17.0 Å². The second-order valence-electron chi connectivity index (χ2n) is 5.92. The van der Waals surface area contributed by atoms with Crippen molar-refractivity contribution >= 4 is 17.5 Å². The lowest BCUT2D eigenvalue weighted by atomic mass is 10.1. The molecular weight excluding hydrogens is 358 g/mol. The van der Waals surface area contributed by atoms with Crippen molar-refractivity contribution in [2.45, 2.75) is 0 Å². The third kappa shape index (κ3) is 3.14. The number of rotatable bonds is 3. The van der Waals surface area contributed by atoms with E-state index in [0.717, 1.165) is 11.3 Å². The third-order valence-corrected chi connectivity index (χ3v) is 4.15. The van der Waals surface area contributed by atoms with E-state index in [0.29, 0.717) is 5.65 Å². The van der Waals surface area contributed by atoms with E-state index in [-0.39, 0.29) is 16.9 Å². The van der Waals surface area contributed by atoms with Crippen molar-refractivity contribution in [3.63, 3.8) is 0 Å². The number of para-hydroxylation sites is 1. The van der Waals surface area contributed by atoms with E-state index in [1.165, 1.54) is 18.3 Å². The molecular formula is C20H15N5O3. The van der Waals surface area contributed by atoms with Crippen LogP contribution in [0.2, 0.25) is 0 Å². The SMILES string of the molecule is O=C(NNC(=O)c1cnn2c(-c3ccccc3)ccnc12)c1ccccc1O. The fourth-order valence-electron chi connectivity index (χ4n) is 2.79. The van der Waals surface area contributed by atoms with Crippen molar-refractivity contribution in [3.05, 3.63) is 84.2 Å². The van der Waals surface area contributed by atoms with Gasteiger partial charge in [0.05, 0.1) is 17.5 Å². The summed E-state index contributed by atoms with van der Waals surface area (Å²) >= 11 is 0. The molecule has 0 unspecified atom stereocenters. The molecule has 8 heteroatoms. The van der Waals surface area contributed by atoms with Gasteiger partial charge in [0.2, 0.25) is 0 Å². The molecule has 0 radical (unpaired) electrons. The Morgan fingerprint density at radius 1 is 0.857 bits per heavy atom. The largest absolute Gasteiger partial charge is 0.507 e. The first-order valence-electron chi connectivity index (χ1n) is 8.42. The lowest BCUT2D eigenvalue weighted by Crippen LogP contribution is -2.41. The molecule has 0 aliphatic carbocycles. The molecule has 0 aliphatic heterocycles. The van der Waals surface area contributed by atoms with Crippen LogP contribution in [-0.4, -0.2) is 31.5 Å². The van der Waals surface area contributed by atoms with Gasteiger partial charge >= 0.3 is 0 Å². The van der Waals surface area contributed by atoms with Gasteiger partial charge in [0.1, 0.15) is 11.3 Å². The number of amides is 2. The van der Waals surface area contributed by atoms with Crippen LogP contribution < -0.4 is 10.9 Å². The zero-order chi connectivity index (χ0) is 19.5. The molecule has 28 heavy (non-hydrogen) atoms. The maximum Gasteiger partial charge on any atom is 0.275 e. The number of hydrazine groups is 1. The maximum atomic E-state index is 12.5. The van der Waals surface area contributed by atoms with Gasteiger partial charge in [-0.25, -0.2) is 9.50 Å². The van der Waals surface area contributed by atoms with Gasteiger partial charge in [-0.1, -0.05) is 42.5 Å². The second-order valence-corrected chi connectivity index (χ2v) is 5.92. The van der Waals surface area contributed by atoms with E-state index in [1.54, 1.807) is 28.9 Å². The number of fused-ring (bicyclic) bond motifs is 1. The molecule has 3 N–H and O–H groups in total. The summed E-state index contributed by atoms with van der Waals surface area (Å²) in [7, 11) is 0. The molecule has 4 aromatic rings. The summed E-state index contributed by atoms with van der Waals surface area (Å²) in [6.07, 6.45) is 2.98. The zero-order valence-corrected chi connectivity index (χ0v) is 14.5. The quantitative estimate of drug-likeness (QED) is 0.477. The highest BCUT2D eigenvalue weighted by molar-refractivity contribution is 6.03. The smallest absolute Gasteiger partial charge is 0.275 e. The predicted octanol–water partition coefficient (Wildman–Crippen LogP) is 2.18. The van der Waals surface area contributed by atoms with Crippen LogP contribution in [0, 0.1) is 0 Å². The van der Waals surface area contributed by atoms with E-state index in [9.17, 15) is 14.7 Å². The van der Waals surface area contributed by atoms with Gasteiger partial charge in [0.25, 0.3) is 11.8 Å². The minimum absolute atomic E-state index is 0.0483. The maximum absolute atomic E-state index is 12.5. The first-order chi connectivity index (χ1) is 13.6. The van der Waals surface area contributed by atoms with Gasteiger partial charge in [-0.3, -0.25) is 20.4 Å². The predicted molar refractivity (Wildman–Crippen MR) is 101 cm³/mol. The van der Waals surface area contributed by atoms with Gasteiger partial charge < -0.3 is 5.11 Å². The molecule has 0 saturated carbocycles. The summed E-state index contributed by atoms with van der Waals surface area (Å²) < 4.78 is 1.56. The van der Waals surface area contributed by atoms with E-state index in [1.807, 2.05) is 30.3 Å². The fraction of sp³-hybridized carbons (Fsp3) is 0. The summed E-state index contributed by atoms with van der Waals surface area (Å²) in [5.74, 6) is -1.39. The summed E-state index contributed by atoms with van der Waals surface area (Å²) in [5.41, 5.74) is 6.91. The van der Waals surface area contributed by atoms with Crippen molar-refractivity contribution in [1.82, 2.24) is 25.4 Å². The Balaban J connectivity index is 1.57. The Morgan fingerprint density at radius 2 is 1.54 bits per heavy atom. The molecule has 2 aromatic carbocycles. The van der Waals surface area contributed by atoms with Crippen LogP contribution in [0.25, 0.3) is 16.9 Å². The lowest BCUT2D eigenvalue weighted by Gasteiger charge is -2.08. The van der Waals surface area contributed by atoms with Gasteiger partial charge in [-0.15, -0.1) is 0 Å². The lowest BCUT2D eigenvalue weighted by molar-refractivity contribution is 0.0845. The van der Waals surface area contributed by atoms with Gasteiger partial charge in [0.15, 0.2) is 5.65 Å². The van der Waals surface area contributed by atoms with Gasteiger partial charge in [0, 0.05) is 11.8 Å². The summed E-state index contributed by atoms with van der Waals surface area (Å²) in [6.45, 7) is 0. The van der Waals surface area contributed by atoms with Crippen LogP contribution in [0.3, 0.4) is 0 Å². The van der Waals surface area contributed by atoms with Crippen LogP contribution in [0.1, 0.15) is 20.7 Å². The summed E-state index contributed by atoms with van der Waals surface area (Å²) in [5, 5.41) is 14.0. The molecule has 0 atom stereocenters. The van der Waals surface area contributed by atoms with Crippen LogP contribution in [-0.2, 0) is 0 Å². The number of hydrogen-bond donors (Lipinski definition) is 3. The van der Waals surface area contributed by atoms with Crippen LogP contribution in [0.4, 0.5) is 0 Å². The van der Waals surface area contributed by atoms with Gasteiger partial charge in [-0.05, 0) is 18.2 Å². The Morgan fingerprint density at radius 3 is 2.29 bits per heavy atom. The molecule has 2 heterocycles. The first-order valence-corrected chi connectivity index (χ1v) is 8.42.